The molecule has 162 valence electrons. The molecule has 0 heterocycles. The molecule has 0 fully saturated rings. The third-order valence-corrected chi connectivity index (χ3v) is 19.9. The van der Waals surface area contributed by atoms with Crippen LogP contribution in [0.3, 0.4) is 0 Å². The van der Waals surface area contributed by atoms with Crippen LogP contribution < -0.4 is 0 Å². The first-order valence-corrected chi connectivity index (χ1v) is 17.9. The summed E-state index contributed by atoms with van der Waals surface area (Å²) < 4.78 is 62.1. The van der Waals surface area contributed by atoms with Gasteiger partial charge in [0.25, 0.3) is 20.2 Å². The van der Waals surface area contributed by atoms with Crippen molar-refractivity contribution >= 4 is 36.9 Å². The minimum absolute atomic E-state index is 0.0244. The molecular formula is C18H34O6S2Si2. The van der Waals surface area contributed by atoms with Crippen LogP contribution in [0.4, 0.5) is 0 Å². The topological polar surface area (TPSA) is 86.7 Å². The van der Waals surface area contributed by atoms with Gasteiger partial charge < -0.3 is 7.74 Å². The van der Waals surface area contributed by atoms with Gasteiger partial charge in [0.1, 0.15) is 0 Å². The normalized spacial score (nSPS) is 13.6. The largest absolute Gasteiger partial charge is 0.311 e. The Morgan fingerprint density at radius 3 is 0.964 bits per heavy atom. The van der Waals surface area contributed by atoms with E-state index in [0.29, 0.717) is 36.3 Å². The molecular weight excluding hydrogens is 432 g/mol. The van der Waals surface area contributed by atoms with Gasteiger partial charge in [0, 0.05) is 0 Å². The highest BCUT2D eigenvalue weighted by molar-refractivity contribution is 7.88. The van der Waals surface area contributed by atoms with Crippen molar-refractivity contribution in [1.29, 1.82) is 0 Å². The Hall–Kier alpha value is -0.526. The molecule has 0 saturated carbocycles. The van der Waals surface area contributed by atoms with Crippen molar-refractivity contribution in [3.8, 4) is 0 Å². The molecule has 1 aromatic rings. The Kier molecular flexibility index (Phi) is 9.10. The highest BCUT2D eigenvalue weighted by Crippen LogP contribution is 2.30. The van der Waals surface area contributed by atoms with Crippen molar-refractivity contribution in [3.63, 3.8) is 0 Å². The van der Waals surface area contributed by atoms with E-state index in [-0.39, 0.29) is 9.79 Å². The zero-order valence-corrected chi connectivity index (χ0v) is 21.5. The van der Waals surface area contributed by atoms with Crippen LogP contribution >= 0.6 is 0 Å². The fourth-order valence-corrected chi connectivity index (χ4v) is 14.4. The second kappa shape index (κ2) is 9.99. The van der Waals surface area contributed by atoms with Gasteiger partial charge >= 0.3 is 0 Å². The van der Waals surface area contributed by atoms with Gasteiger partial charge in [-0.15, -0.1) is 0 Å². The van der Waals surface area contributed by atoms with Crippen molar-refractivity contribution in [2.24, 2.45) is 0 Å². The maximum atomic E-state index is 12.7. The molecule has 1 rings (SSSR count). The van der Waals surface area contributed by atoms with E-state index in [0.717, 1.165) is 0 Å². The maximum absolute atomic E-state index is 12.7. The maximum Gasteiger partial charge on any atom is 0.287 e. The average Bonchev–Trinajstić information content (AvgIpc) is 2.70. The van der Waals surface area contributed by atoms with E-state index >= 15 is 0 Å². The molecule has 0 aliphatic rings. The lowest BCUT2D eigenvalue weighted by Crippen LogP contribution is -2.38. The SMILES string of the molecule is CC[Si](CC)(CC)OS(=O)(=O)c1ccc(S(=O)(=O)O[Si](CC)(CC)CC)cc1. The molecule has 28 heavy (non-hydrogen) atoms. The van der Waals surface area contributed by atoms with E-state index < -0.39 is 36.9 Å². The Balaban J connectivity index is 3.17. The summed E-state index contributed by atoms with van der Waals surface area (Å²) in [6, 6.07) is 9.40. The molecule has 0 aliphatic carbocycles. The predicted molar refractivity (Wildman–Crippen MR) is 117 cm³/mol. The predicted octanol–water partition coefficient (Wildman–Crippen LogP) is 5.11. The summed E-state index contributed by atoms with van der Waals surface area (Å²) >= 11 is 0. The van der Waals surface area contributed by atoms with Crippen molar-refractivity contribution in [2.45, 2.75) is 87.6 Å². The first-order chi connectivity index (χ1) is 13.0. The number of benzene rings is 1. The van der Waals surface area contributed by atoms with Gasteiger partial charge in [-0.3, -0.25) is 0 Å². The van der Waals surface area contributed by atoms with Crippen LogP contribution in [0.15, 0.2) is 34.1 Å². The Labute approximate surface area is 173 Å². The number of hydrogen-bond acceptors (Lipinski definition) is 6. The lowest BCUT2D eigenvalue weighted by Gasteiger charge is -2.27. The third kappa shape index (κ3) is 5.76. The molecule has 10 heteroatoms. The summed E-state index contributed by atoms with van der Waals surface area (Å²) in [4.78, 5) is -0.0488. The molecule has 0 amide bonds. The molecule has 0 aliphatic heterocycles. The quantitative estimate of drug-likeness (QED) is 0.398. The molecule has 0 saturated heterocycles. The summed E-state index contributed by atoms with van der Waals surface area (Å²) in [5, 5.41) is 0. The minimum atomic E-state index is -3.93. The summed E-state index contributed by atoms with van der Waals surface area (Å²) in [6.45, 7) is 11.7. The van der Waals surface area contributed by atoms with Gasteiger partial charge in [0.05, 0.1) is 9.79 Å². The summed E-state index contributed by atoms with van der Waals surface area (Å²) in [5.74, 6) is 0. The molecule has 6 nitrogen and oxygen atoms in total. The second-order valence-corrected chi connectivity index (χ2v) is 20.1. The minimum Gasteiger partial charge on any atom is -0.311 e. The first-order valence-electron chi connectivity index (χ1n) is 10.0. The van der Waals surface area contributed by atoms with Gasteiger partial charge in [0.15, 0.2) is 0 Å². The standard InChI is InChI=1S/C18H34O6S2Si2/c1-7-27(8-2,9-3)23-25(19,20)17-13-15-18(16-14-17)26(21,22)24-28(10-4,11-5)12-6/h13-16H,7-12H2,1-6H3. The second-order valence-electron chi connectivity index (χ2n) is 7.03. The van der Waals surface area contributed by atoms with Crippen LogP contribution in [0.2, 0.25) is 36.3 Å². The van der Waals surface area contributed by atoms with E-state index in [4.69, 9.17) is 7.74 Å². The fraction of sp³-hybridized carbons (Fsp3) is 0.667. The van der Waals surface area contributed by atoms with Gasteiger partial charge in [-0.2, -0.15) is 16.8 Å². The molecule has 0 spiro atoms. The van der Waals surface area contributed by atoms with E-state index in [9.17, 15) is 16.8 Å². The molecule has 0 atom stereocenters. The van der Waals surface area contributed by atoms with Crippen LogP contribution in [-0.4, -0.2) is 33.5 Å². The van der Waals surface area contributed by atoms with Gasteiger partial charge in [0.2, 0.25) is 16.6 Å². The van der Waals surface area contributed by atoms with E-state index in [1.165, 1.54) is 24.3 Å². The zero-order chi connectivity index (χ0) is 21.6. The van der Waals surface area contributed by atoms with Gasteiger partial charge in [-0.25, -0.2) is 0 Å². The van der Waals surface area contributed by atoms with Crippen molar-refractivity contribution in [1.82, 2.24) is 0 Å². The molecule has 0 unspecified atom stereocenters. The monoisotopic (exact) mass is 466 g/mol. The fourth-order valence-electron chi connectivity index (χ4n) is 3.19. The smallest absolute Gasteiger partial charge is 0.287 e. The van der Waals surface area contributed by atoms with E-state index in [1.807, 2.05) is 41.5 Å². The number of hydrogen-bond donors (Lipinski definition) is 0. The molecule has 0 radical (unpaired) electrons. The van der Waals surface area contributed by atoms with Gasteiger partial charge in [-0.1, -0.05) is 41.5 Å². The Morgan fingerprint density at radius 2 is 0.786 bits per heavy atom. The van der Waals surface area contributed by atoms with Crippen molar-refractivity contribution in [3.05, 3.63) is 24.3 Å². The van der Waals surface area contributed by atoms with Crippen LogP contribution in [0, 0.1) is 0 Å². The average molecular weight is 467 g/mol. The number of rotatable bonds is 12. The Bertz CT molecular complexity index is 740. The molecule has 0 N–H and O–H groups in total. The zero-order valence-electron chi connectivity index (χ0n) is 17.8. The highest BCUT2D eigenvalue weighted by Gasteiger charge is 2.37. The van der Waals surface area contributed by atoms with Crippen molar-refractivity contribution in [2.75, 3.05) is 0 Å². The Morgan fingerprint density at radius 1 is 0.571 bits per heavy atom. The highest BCUT2D eigenvalue weighted by atomic mass is 32.2. The van der Waals surface area contributed by atoms with E-state index in [1.54, 1.807) is 0 Å². The summed E-state index contributed by atoms with van der Waals surface area (Å²) in [5.41, 5.74) is 0. The van der Waals surface area contributed by atoms with Crippen molar-refractivity contribution < 1.29 is 24.6 Å². The van der Waals surface area contributed by atoms with Gasteiger partial charge in [-0.05, 0) is 60.5 Å². The van der Waals surface area contributed by atoms with Crippen LogP contribution in [0.1, 0.15) is 41.5 Å². The lowest BCUT2D eigenvalue weighted by molar-refractivity contribution is 0.470. The third-order valence-electron chi connectivity index (χ3n) is 5.84. The summed E-state index contributed by atoms with van der Waals surface area (Å²) in [6.07, 6.45) is 0. The van der Waals surface area contributed by atoms with Crippen LogP contribution in [0.25, 0.3) is 0 Å². The molecule has 0 aromatic heterocycles. The van der Waals surface area contributed by atoms with Crippen LogP contribution in [-0.2, 0) is 28.0 Å². The van der Waals surface area contributed by atoms with E-state index in [2.05, 4.69) is 0 Å². The van der Waals surface area contributed by atoms with Crippen LogP contribution in [0.5, 0.6) is 0 Å². The molecule has 1 aromatic carbocycles. The first kappa shape index (κ1) is 25.5. The molecule has 0 bridgehead atoms. The summed E-state index contributed by atoms with van der Waals surface area (Å²) in [7, 11) is -12.6. The lowest BCUT2D eigenvalue weighted by atomic mass is 10.4.